The molecule has 0 amide bonds. The summed E-state index contributed by atoms with van der Waals surface area (Å²) in [6.07, 6.45) is 0.655. The van der Waals surface area contributed by atoms with E-state index < -0.39 is 10.0 Å². The summed E-state index contributed by atoms with van der Waals surface area (Å²) in [6, 6.07) is 10.8. The molecule has 0 saturated carbocycles. The predicted octanol–water partition coefficient (Wildman–Crippen LogP) is 3.96. The second-order valence-corrected chi connectivity index (χ2v) is 7.25. The van der Waals surface area contributed by atoms with Gasteiger partial charge in [0.25, 0.3) is 10.0 Å². The van der Waals surface area contributed by atoms with Gasteiger partial charge in [0.05, 0.1) is 15.6 Å². The number of hydrogen-bond acceptors (Lipinski definition) is 3. The van der Waals surface area contributed by atoms with Crippen molar-refractivity contribution in [1.29, 1.82) is 0 Å². The van der Waals surface area contributed by atoms with Crippen LogP contribution in [0.5, 0.6) is 5.75 Å². The summed E-state index contributed by atoms with van der Waals surface area (Å²) in [7, 11) is -3.74. The highest BCUT2D eigenvalue weighted by Gasteiger charge is 2.27. The fourth-order valence-corrected chi connectivity index (χ4v) is 4.25. The lowest BCUT2D eigenvalue weighted by atomic mass is 10.2. The van der Waals surface area contributed by atoms with Gasteiger partial charge >= 0.3 is 0 Å². The van der Waals surface area contributed by atoms with Gasteiger partial charge in [0, 0.05) is 6.54 Å². The van der Waals surface area contributed by atoms with Gasteiger partial charge in [-0.25, -0.2) is 8.42 Å². The number of para-hydroxylation sites is 1. The Bertz CT molecular complexity index is 737. The molecule has 0 spiro atoms. The minimum absolute atomic E-state index is 0.0231. The molecule has 0 aliphatic heterocycles. The first-order chi connectivity index (χ1) is 10.4. The fraction of sp³-hybridized carbons (Fsp3) is 0.250. The highest BCUT2D eigenvalue weighted by atomic mass is 35.5. The van der Waals surface area contributed by atoms with Crippen LogP contribution in [0.4, 0.5) is 5.69 Å². The van der Waals surface area contributed by atoms with Crippen LogP contribution in [-0.2, 0) is 10.0 Å². The van der Waals surface area contributed by atoms with E-state index >= 15 is 0 Å². The van der Waals surface area contributed by atoms with E-state index in [1.807, 2.05) is 19.9 Å². The molecule has 0 bridgehead atoms. The molecule has 0 aliphatic rings. The first kappa shape index (κ1) is 16.6. The highest BCUT2D eigenvalue weighted by Crippen LogP contribution is 2.33. The van der Waals surface area contributed by atoms with Gasteiger partial charge in [-0.2, -0.15) is 0 Å². The molecule has 0 unspecified atom stereocenters. The van der Waals surface area contributed by atoms with Crippen LogP contribution in [0.1, 0.15) is 18.9 Å². The van der Waals surface area contributed by atoms with E-state index in [0.29, 0.717) is 23.7 Å². The van der Waals surface area contributed by atoms with E-state index in [1.54, 1.807) is 12.1 Å². The first-order valence-corrected chi connectivity index (χ1v) is 8.76. The van der Waals surface area contributed by atoms with E-state index in [-0.39, 0.29) is 10.6 Å². The minimum Gasteiger partial charge on any atom is -0.508 e. The Morgan fingerprint density at radius 2 is 1.77 bits per heavy atom. The molecule has 118 valence electrons. The number of phenols is 1. The Balaban J connectivity index is 2.58. The minimum atomic E-state index is -3.74. The maximum Gasteiger partial charge on any atom is 0.264 e. The number of sulfonamides is 1. The molecule has 0 radical (unpaired) electrons. The van der Waals surface area contributed by atoms with Crippen LogP contribution in [0, 0.1) is 6.92 Å². The second-order valence-electron chi connectivity index (χ2n) is 4.98. The lowest BCUT2D eigenvalue weighted by molar-refractivity contribution is 0.474. The van der Waals surface area contributed by atoms with Crippen LogP contribution in [-0.4, -0.2) is 20.1 Å². The number of phenolic OH excluding ortho intramolecular Hbond substituents is 1. The van der Waals surface area contributed by atoms with Crippen molar-refractivity contribution in [2.75, 3.05) is 10.8 Å². The molecule has 0 fully saturated rings. The van der Waals surface area contributed by atoms with Crippen molar-refractivity contribution in [3.63, 3.8) is 0 Å². The molecule has 0 saturated heterocycles. The summed E-state index contributed by atoms with van der Waals surface area (Å²) in [6.45, 7) is 4.06. The van der Waals surface area contributed by atoms with E-state index in [2.05, 4.69) is 0 Å². The topological polar surface area (TPSA) is 57.6 Å². The van der Waals surface area contributed by atoms with Crippen molar-refractivity contribution < 1.29 is 13.5 Å². The summed E-state index contributed by atoms with van der Waals surface area (Å²) < 4.78 is 27.2. The number of benzene rings is 2. The average molecular weight is 340 g/mol. The number of rotatable bonds is 5. The quantitative estimate of drug-likeness (QED) is 0.897. The lowest BCUT2D eigenvalue weighted by Gasteiger charge is -2.26. The van der Waals surface area contributed by atoms with E-state index in [1.165, 1.54) is 28.6 Å². The van der Waals surface area contributed by atoms with Crippen LogP contribution >= 0.6 is 11.6 Å². The largest absolute Gasteiger partial charge is 0.508 e. The first-order valence-electron chi connectivity index (χ1n) is 6.94. The molecule has 0 atom stereocenters. The van der Waals surface area contributed by atoms with Gasteiger partial charge in [0.15, 0.2) is 0 Å². The van der Waals surface area contributed by atoms with Gasteiger partial charge in [-0.05, 0) is 49.2 Å². The summed E-state index contributed by atoms with van der Waals surface area (Å²) >= 11 is 6.23. The molecule has 2 aromatic carbocycles. The number of aryl methyl sites for hydroxylation is 1. The summed E-state index contributed by atoms with van der Waals surface area (Å²) in [5.41, 5.74) is 1.29. The molecule has 6 heteroatoms. The van der Waals surface area contributed by atoms with Gasteiger partial charge in [-0.3, -0.25) is 4.31 Å². The second kappa shape index (κ2) is 6.58. The third kappa shape index (κ3) is 3.20. The molecule has 0 heterocycles. The van der Waals surface area contributed by atoms with Crippen LogP contribution in [0.2, 0.25) is 5.02 Å². The summed E-state index contributed by atoms with van der Waals surface area (Å²) in [5, 5.41) is 9.74. The van der Waals surface area contributed by atoms with Gasteiger partial charge in [0.2, 0.25) is 0 Å². The monoisotopic (exact) mass is 339 g/mol. The van der Waals surface area contributed by atoms with Gasteiger partial charge < -0.3 is 5.11 Å². The molecule has 1 N–H and O–H groups in total. The van der Waals surface area contributed by atoms with Crippen molar-refractivity contribution in [3.8, 4) is 5.75 Å². The van der Waals surface area contributed by atoms with Crippen LogP contribution in [0.15, 0.2) is 47.4 Å². The van der Waals surface area contributed by atoms with Crippen molar-refractivity contribution in [2.45, 2.75) is 25.2 Å². The Kier molecular flexibility index (Phi) is 4.98. The van der Waals surface area contributed by atoms with E-state index in [4.69, 9.17) is 11.6 Å². The summed E-state index contributed by atoms with van der Waals surface area (Å²) in [4.78, 5) is 0.123. The molecule has 22 heavy (non-hydrogen) atoms. The standard InChI is InChI=1S/C16H18ClNO3S/c1-3-11-18(16-12(2)5-4-6-15(16)17)22(20,21)14-9-7-13(19)8-10-14/h4-10,19H,3,11H2,1-2H3. The maximum atomic E-state index is 12.9. The number of anilines is 1. The van der Waals surface area contributed by atoms with Crippen LogP contribution < -0.4 is 4.31 Å². The van der Waals surface area contributed by atoms with Crippen molar-refractivity contribution >= 4 is 27.3 Å². The third-order valence-electron chi connectivity index (χ3n) is 3.29. The predicted molar refractivity (Wildman–Crippen MR) is 89.1 cm³/mol. The zero-order chi connectivity index (χ0) is 16.3. The zero-order valence-corrected chi connectivity index (χ0v) is 14.0. The van der Waals surface area contributed by atoms with Crippen LogP contribution in [0.3, 0.4) is 0 Å². The normalized spacial score (nSPS) is 11.4. The van der Waals surface area contributed by atoms with Crippen molar-refractivity contribution in [3.05, 3.63) is 53.1 Å². The molecular formula is C16H18ClNO3S. The Morgan fingerprint density at radius 3 is 2.32 bits per heavy atom. The van der Waals surface area contributed by atoms with E-state index in [9.17, 15) is 13.5 Å². The SMILES string of the molecule is CCCN(c1c(C)cccc1Cl)S(=O)(=O)c1ccc(O)cc1. The molecule has 4 nitrogen and oxygen atoms in total. The molecule has 2 rings (SSSR count). The van der Waals surface area contributed by atoms with Crippen molar-refractivity contribution in [1.82, 2.24) is 0 Å². The van der Waals surface area contributed by atoms with Gasteiger partial charge in [-0.1, -0.05) is 30.7 Å². The number of halogens is 1. The van der Waals surface area contributed by atoms with Crippen LogP contribution in [0.25, 0.3) is 0 Å². The molecular weight excluding hydrogens is 322 g/mol. The fourth-order valence-electron chi connectivity index (χ4n) is 2.24. The highest BCUT2D eigenvalue weighted by molar-refractivity contribution is 7.92. The molecule has 0 aromatic heterocycles. The smallest absolute Gasteiger partial charge is 0.264 e. The zero-order valence-electron chi connectivity index (χ0n) is 12.5. The van der Waals surface area contributed by atoms with Gasteiger partial charge in [-0.15, -0.1) is 0 Å². The Hall–Kier alpha value is -1.72. The summed E-state index contributed by atoms with van der Waals surface area (Å²) in [5.74, 6) is 0.0231. The molecule has 0 aliphatic carbocycles. The third-order valence-corrected chi connectivity index (χ3v) is 5.41. The van der Waals surface area contributed by atoms with E-state index in [0.717, 1.165) is 5.56 Å². The molecule has 2 aromatic rings. The maximum absolute atomic E-state index is 12.9. The Labute approximate surface area is 136 Å². The number of nitrogens with zero attached hydrogens (tertiary/aromatic N) is 1. The lowest BCUT2D eigenvalue weighted by Crippen LogP contribution is -2.32. The number of aromatic hydroxyl groups is 1. The van der Waals surface area contributed by atoms with Gasteiger partial charge in [0.1, 0.15) is 5.75 Å². The Morgan fingerprint density at radius 1 is 1.14 bits per heavy atom. The van der Waals surface area contributed by atoms with Crippen molar-refractivity contribution in [2.24, 2.45) is 0 Å². The number of hydrogen-bond donors (Lipinski definition) is 1. The average Bonchev–Trinajstić information content (AvgIpc) is 2.46.